The zero-order chi connectivity index (χ0) is 13.5. The van der Waals surface area contributed by atoms with Gasteiger partial charge >= 0.3 is 0 Å². The summed E-state index contributed by atoms with van der Waals surface area (Å²) in [7, 11) is 2.18. The number of hydrogen-bond donors (Lipinski definition) is 1. The normalized spacial score (nSPS) is 34.8. The lowest BCUT2D eigenvalue weighted by molar-refractivity contribution is -0.133. The topological polar surface area (TPSA) is 35.6 Å². The van der Waals surface area contributed by atoms with Crippen LogP contribution in [-0.2, 0) is 4.79 Å². The van der Waals surface area contributed by atoms with E-state index in [4.69, 9.17) is 0 Å². The average molecular weight is 265 g/mol. The quantitative estimate of drug-likeness (QED) is 0.838. The number of nitrogens with zero attached hydrogens (tertiary/aromatic N) is 2. The average Bonchev–Trinajstić information content (AvgIpc) is 3.08. The molecule has 2 unspecified atom stereocenters. The first kappa shape index (κ1) is 13.4. The second-order valence-electron chi connectivity index (χ2n) is 6.73. The van der Waals surface area contributed by atoms with Crippen molar-refractivity contribution >= 4 is 5.91 Å². The molecular weight excluding hydrogens is 238 g/mol. The molecule has 0 bridgehead atoms. The third kappa shape index (κ3) is 2.29. The Hall–Kier alpha value is -0.610. The maximum atomic E-state index is 12.8. The van der Waals surface area contributed by atoms with Gasteiger partial charge in [0.05, 0.1) is 11.7 Å². The monoisotopic (exact) mass is 265 g/mol. The molecule has 0 aromatic carbocycles. The van der Waals surface area contributed by atoms with E-state index in [1.165, 1.54) is 25.8 Å². The Morgan fingerprint density at radius 2 is 2.11 bits per heavy atom. The Morgan fingerprint density at radius 3 is 2.68 bits per heavy atom. The van der Waals surface area contributed by atoms with Crippen LogP contribution in [0.3, 0.4) is 0 Å². The highest BCUT2D eigenvalue weighted by Crippen LogP contribution is 2.37. The van der Waals surface area contributed by atoms with Gasteiger partial charge in [-0.1, -0.05) is 19.8 Å². The lowest BCUT2D eigenvalue weighted by Crippen LogP contribution is -2.44. The fraction of sp³-hybridized carbons (Fsp3) is 0.933. The van der Waals surface area contributed by atoms with E-state index in [-0.39, 0.29) is 11.7 Å². The second-order valence-corrected chi connectivity index (χ2v) is 6.73. The van der Waals surface area contributed by atoms with Crippen molar-refractivity contribution in [2.75, 3.05) is 26.7 Å². The van der Waals surface area contributed by atoms with Gasteiger partial charge in [0.25, 0.3) is 0 Å². The molecule has 2 aliphatic heterocycles. The Bertz CT molecular complexity index is 351. The van der Waals surface area contributed by atoms with Gasteiger partial charge in [0.15, 0.2) is 0 Å². The summed E-state index contributed by atoms with van der Waals surface area (Å²) < 4.78 is 0. The van der Waals surface area contributed by atoms with Crippen LogP contribution in [0.25, 0.3) is 0 Å². The van der Waals surface area contributed by atoms with Gasteiger partial charge in [0.2, 0.25) is 5.91 Å². The molecule has 0 aromatic rings. The Labute approximate surface area is 116 Å². The number of likely N-dealkylation sites (tertiary alicyclic amines) is 1. The van der Waals surface area contributed by atoms with Crippen molar-refractivity contribution in [2.45, 2.75) is 57.2 Å². The van der Waals surface area contributed by atoms with Gasteiger partial charge in [-0.3, -0.25) is 10.1 Å². The lowest BCUT2D eigenvalue weighted by Gasteiger charge is -2.26. The van der Waals surface area contributed by atoms with Crippen molar-refractivity contribution in [2.24, 2.45) is 5.92 Å². The Morgan fingerprint density at radius 1 is 1.37 bits per heavy atom. The Balaban J connectivity index is 1.70. The number of nitrogens with one attached hydrogen (secondary N) is 1. The number of carbonyl (C=O) groups excluding carboxylic acids is 1. The third-order valence-electron chi connectivity index (χ3n) is 5.28. The number of rotatable bonds is 3. The first-order valence-electron chi connectivity index (χ1n) is 7.92. The van der Waals surface area contributed by atoms with Crippen LogP contribution in [0.5, 0.6) is 0 Å². The third-order valence-corrected chi connectivity index (χ3v) is 5.28. The summed E-state index contributed by atoms with van der Waals surface area (Å²) in [6.45, 7) is 5.47. The van der Waals surface area contributed by atoms with Crippen LogP contribution in [0.2, 0.25) is 0 Å². The first-order valence-corrected chi connectivity index (χ1v) is 7.92. The van der Waals surface area contributed by atoms with Crippen molar-refractivity contribution in [3.05, 3.63) is 0 Å². The van der Waals surface area contributed by atoms with Gasteiger partial charge in [-0.2, -0.15) is 0 Å². The van der Waals surface area contributed by atoms with Crippen molar-refractivity contribution in [1.29, 1.82) is 0 Å². The first-order chi connectivity index (χ1) is 9.14. The maximum Gasteiger partial charge on any atom is 0.244 e. The molecule has 0 aromatic heterocycles. The summed E-state index contributed by atoms with van der Waals surface area (Å²) in [5.41, 5.74) is -0.189. The zero-order valence-corrected chi connectivity index (χ0v) is 12.3. The van der Waals surface area contributed by atoms with E-state index in [1.807, 2.05) is 0 Å². The smallest absolute Gasteiger partial charge is 0.244 e. The van der Waals surface area contributed by atoms with Crippen LogP contribution in [0, 0.1) is 5.92 Å². The predicted octanol–water partition coefficient (Wildman–Crippen LogP) is 1.42. The van der Waals surface area contributed by atoms with Crippen LogP contribution in [0.4, 0.5) is 0 Å². The van der Waals surface area contributed by atoms with E-state index >= 15 is 0 Å². The molecule has 1 spiro atoms. The number of carbonyl (C=O) groups is 1. The van der Waals surface area contributed by atoms with Gasteiger partial charge in [-0.25, -0.2) is 0 Å². The molecule has 108 valence electrons. The highest BCUT2D eigenvalue weighted by molar-refractivity contribution is 5.89. The molecule has 1 amide bonds. The van der Waals surface area contributed by atoms with Crippen LogP contribution in [0.1, 0.15) is 45.4 Å². The van der Waals surface area contributed by atoms with Gasteiger partial charge in [-0.05, 0) is 45.2 Å². The molecule has 0 radical (unpaired) electrons. The van der Waals surface area contributed by atoms with Gasteiger partial charge in [0, 0.05) is 13.1 Å². The van der Waals surface area contributed by atoms with E-state index in [2.05, 4.69) is 29.1 Å². The summed E-state index contributed by atoms with van der Waals surface area (Å²) in [6, 6.07) is 0. The predicted molar refractivity (Wildman–Crippen MR) is 75.7 cm³/mol. The molecule has 3 rings (SSSR count). The number of hydrogen-bond acceptors (Lipinski definition) is 3. The minimum absolute atomic E-state index is 0.189. The molecule has 3 aliphatic rings. The summed E-state index contributed by atoms with van der Waals surface area (Å²) in [4.78, 5) is 17.4. The molecule has 1 aliphatic carbocycles. The van der Waals surface area contributed by atoms with Gasteiger partial charge in [0.1, 0.15) is 0 Å². The van der Waals surface area contributed by atoms with Crippen molar-refractivity contribution in [1.82, 2.24) is 15.1 Å². The molecule has 2 atom stereocenters. The largest absolute Gasteiger partial charge is 0.325 e. The van der Waals surface area contributed by atoms with E-state index in [9.17, 15) is 4.79 Å². The van der Waals surface area contributed by atoms with E-state index in [0.29, 0.717) is 11.8 Å². The molecule has 2 saturated heterocycles. The standard InChI is InChI=1S/C15H27N3O/c1-3-13-16-15(7-4-5-8-15)14(19)18(13)11-12-6-9-17(2)10-12/h12-13,16H,3-11H2,1-2H3. The van der Waals surface area contributed by atoms with Crippen LogP contribution >= 0.6 is 0 Å². The lowest BCUT2D eigenvalue weighted by atomic mass is 9.97. The van der Waals surface area contributed by atoms with Crippen LogP contribution in [0.15, 0.2) is 0 Å². The van der Waals surface area contributed by atoms with Crippen molar-refractivity contribution < 1.29 is 4.79 Å². The summed E-state index contributed by atoms with van der Waals surface area (Å²) >= 11 is 0. The zero-order valence-electron chi connectivity index (χ0n) is 12.3. The highest BCUT2D eigenvalue weighted by atomic mass is 16.2. The summed E-state index contributed by atoms with van der Waals surface area (Å²) in [5, 5.41) is 3.66. The molecule has 2 heterocycles. The molecule has 19 heavy (non-hydrogen) atoms. The minimum atomic E-state index is -0.189. The molecule has 3 fully saturated rings. The SMILES string of the molecule is CCC1NC2(CCCC2)C(=O)N1CC1CCN(C)C1. The molecule has 1 N–H and O–H groups in total. The number of amides is 1. The summed E-state index contributed by atoms with van der Waals surface area (Å²) in [6.07, 6.45) is 7.04. The fourth-order valence-corrected chi connectivity index (χ4v) is 4.20. The molecule has 1 saturated carbocycles. The van der Waals surface area contributed by atoms with Crippen molar-refractivity contribution in [3.63, 3.8) is 0 Å². The van der Waals surface area contributed by atoms with Gasteiger partial charge < -0.3 is 9.80 Å². The molecular formula is C15H27N3O. The van der Waals surface area contributed by atoms with E-state index < -0.39 is 0 Å². The van der Waals surface area contributed by atoms with Crippen LogP contribution < -0.4 is 5.32 Å². The Kier molecular flexibility index (Phi) is 3.56. The molecule has 4 nitrogen and oxygen atoms in total. The summed E-state index contributed by atoms with van der Waals surface area (Å²) in [5.74, 6) is 1.06. The fourth-order valence-electron chi connectivity index (χ4n) is 4.20. The minimum Gasteiger partial charge on any atom is -0.325 e. The second kappa shape index (κ2) is 5.06. The van der Waals surface area contributed by atoms with Crippen molar-refractivity contribution in [3.8, 4) is 0 Å². The van der Waals surface area contributed by atoms with E-state index in [0.717, 1.165) is 32.4 Å². The van der Waals surface area contributed by atoms with E-state index in [1.54, 1.807) is 0 Å². The maximum absolute atomic E-state index is 12.8. The molecule has 4 heteroatoms. The van der Waals surface area contributed by atoms with Crippen LogP contribution in [-0.4, -0.2) is 54.1 Å². The van der Waals surface area contributed by atoms with Gasteiger partial charge in [-0.15, -0.1) is 0 Å². The highest BCUT2D eigenvalue weighted by Gasteiger charge is 2.51.